The number of halogens is 1. The minimum atomic E-state index is -0.363. The second kappa shape index (κ2) is 16.9. The Morgan fingerprint density at radius 2 is 1.56 bits per heavy atom. The number of primary amides is 1. The Bertz CT molecular complexity index is 163. The molecule has 0 bridgehead atoms. The summed E-state index contributed by atoms with van der Waals surface area (Å²) in [5.41, 5.74) is 4.81. The van der Waals surface area contributed by atoms with E-state index in [0.29, 0.717) is 0 Å². The van der Waals surface area contributed by atoms with Crippen LogP contribution in [0.25, 0.3) is 0 Å². The van der Waals surface area contributed by atoms with Crippen molar-refractivity contribution in [3.63, 3.8) is 0 Å². The molecule has 0 aromatic rings. The van der Waals surface area contributed by atoms with Crippen molar-refractivity contribution in [3.8, 4) is 0 Å². The van der Waals surface area contributed by atoms with Gasteiger partial charge in [-0.1, -0.05) is 40.2 Å². The monoisotopic (exact) mass is 250 g/mol. The van der Waals surface area contributed by atoms with Crippen LogP contribution in [0, 0.1) is 0 Å². The molecule has 98 valence electrons. The lowest BCUT2D eigenvalue weighted by Crippen LogP contribution is -2.21. The van der Waals surface area contributed by atoms with Crippen molar-refractivity contribution in [2.75, 3.05) is 19.6 Å². The third-order valence-electron chi connectivity index (χ3n) is 2.08. The molecule has 0 atom stereocenters. The summed E-state index contributed by atoms with van der Waals surface area (Å²) < 4.78 is 0. The minimum absolute atomic E-state index is 0. The first-order chi connectivity index (χ1) is 7.12. The van der Waals surface area contributed by atoms with E-state index in [2.05, 4.69) is 25.7 Å². The van der Waals surface area contributed by atoms with Gasteiger partial charge in [-0.3, -0.25) is 4.79 Å². The molecule has 0 fully saturated rings. The Kier molecular flexibility index (Phi) is 22.0. The molecule has 0 aliphatic heterocycles. The van der Waals surface area contributed by atoms with Crippen LogP contribution >= 0.6 is 12.4 Å². The summed E-state index contributed by atoms with van der Waals surface area (Å²) in [6.07, 6.45) is 5.17. The number of rotatable bonds is 6. The SMILES string of the molecule is CCCC=CC(N)=O.CCN(CC)CC.Cl. The lowest BCUT2D eigenvalue weighted by molar-refractivity contribution is -0.113. The lowest BCUT2D eigenvalue weighted by atomic mass is 10.3. The van der Waals surface area contributed by atoms with Crippen molar-refractivity contribution in [1.29, 1.82) is 0 Å². The number of carbonyl (C=O) groups excluding carboxylic acids is 1. The molecule has 3 nitrogen and oxygen atoms in total. The van der Waals surface area contributed by atoms with Gasteiger partial charge in [0.2, 0.25) is 5.91 Å². The third kappa shape index (κ3) is 19.1. The van der Waals surface area contributed by atoms with Crippen LogP contribution in [0.3, 0.4) is 0 Å². The molecule has 4 heteroatoms. The number of unbranched alkanes of at least 4 members (excludes halogenated alkanes) is 1. The van der Waals surface area contributed by atoms with Crippen molar-refractivity contribution in [2.45, 2.75) is 40.5 Å². The fourth-order valence-electron chi connectivity index (χ4n) is 1.04. The molecule has 0 radical (unpaired) electrons. The number of allylic oxidation sites excluding steroid dienone is 1. The van der Waals surface area contributed by atoms with Crippen molar-refractivity contribution in [2.24, 2.45) is 5.73 Å². The van der Waals surface area contributed by atoms with Crippen molar-refractivity contribution < 1.29 is 4.79 Å². The highest BCUT2D eigenvalue weighted by molar-refractivity contribution is 5.85. The molecule has 0 unspecified atom stereocenters. The van der Waals surface area contributed by atoms with Crippen LogP contribution < -0.4 is 5.73 Å². The van der Waals surface area contributed by atoms with E-state index in [0.717, 1.165) is 12.8 Å². The van der Waals surface area contributed by atoms with Gasteiger partial charge < -0.3 is 10.6 Å². The van der Waals surface area contributed by atoms with Crippen LogP contribution in [0.1, 0.15) is 40.5 Å². The van der Waals surface area contributed by atoms with E-state index in [1.165, 1.54) is 25.7 Å². The van der Waals surface area contributed by atoms with Gasteiger partial charge in [0.05, 0.1) is 0 Å². The average molecular weight is 251 g/mol. The zero-order chi connectivity index (χ0) is 12.1. The first-order valence-corrected chi connectivity index (χ1v) is 5.80. The summed E-state index contributed by atoms with van der Waals surface area (Å²) in [5, 5.41) is 0. The van der Waals surface area contributed by atoms with Crippen LogP contribution in [0.5, 0.6) is 0 Å². The van der Waals surface area contributed by atoms with Crippen LogP contribution in [0.2, 0.25) is 0 Å². The largest absolute Gasteiger partial charge is 0.366 e. The maximum Gasteiger partial charge on any atom is 0.241 e. The van der Waals surface area contributed by atoms with Gasteiger partial charge in [-0.05, 0) is 32.1 Å². The fraction of sp³-hybridized carbons (Fsp3) is 0.750. The molecule has 1 amide bonds. The minimum Gasteiger partial charge on any atom is -0.366 e. The number of hydrogen-bond acceptors (Lipinski definition) is 2. The van der Waals surface area contributed by atoms with Gasteiger partial charge in [-0.2, -0.15) is 0 Å². The number of amides is 1. The first-order valence-electron chi connectivity index (χ1n) is 5.80. The van der Waals surface area contributed by atoms with E-state index in [9.17, 15) is 4.79 Å². The highest BCUT2D eigenvalue weighted by Crippen LogP contribution is 1.86. The van der Waals surface area contributed by atoms with E-state index in [4.69, 9.17) is 5.73 Å². The molecule has 0 aromatic carbocycles. The molecule has 0 spiro atoms. The molecular weight excluding hydrogens is 224 g/mol. The smallest absolute Gasteiger partial charge is 0.241 e. The topological polar surface area (TPSA) is 46.3 Å². The van der Waals surface area contributed by atoms with Gasteiger partial charge >= 0.3 is 0 Å². The second-order valence-corrected chi connectivity index (χ2v) is 3.21. The Morgan fingerprint density at radius 3 is 1.75 bits per heavy atom. The van der Waals surface area contributed by atoms with Gasteiger partial charge in [0.25, 0.3) is 0 Å². The number of nitrogens with zero attached hydrogens (tertiary/aromatic N) is 1. The normalized spacial score (nSPS) is 9.56. The second-order valence-electron chi connectivity index (χ2n) is 3.21. The van der Waals surface area contributed by atoms with Crippen LogP contribution in [0.4, 0.5) is 0 Å². The number of hydrogen-bond donors (Lipinski definition) is 1. The summed E-state index contributed by atoms with van der Waals surface area (Å²) in [6, 6.07) is 0. The van der Waals surface area contributed by atoms with Gasteiger partial charge in [-0.25, -0.2) is 0 Å². The van der Waals surface area contributed by atoms with E-state index in [1.807, 2.05) is 6.92 Å². The lowest BCUT2D eigenvalue weighted by Gasteiger charge is -2.13. The molecule has 0 saturated heterocycles. The van der Waals surface area contributed by atoms with Gasteiger partial charge in [0, 0.05) is 0 Å². The summed E-state index contributed by atoms with van der Waals surface area (Å²) in [7, 11) is 0. The molecule has 0 heterocycles. The predicted octanol–water partition coefficient (Wildman–Crippen LogP) is 2.60. The van der Waals surface area contributed by atoms with Gasteiger partial charge in [0.15, 0.2) is 0 Å². The quantitative estimate of drug-likeness (QED) is 0.737. The molecule has 2 N–H and O–H groups in total. The summed E-state index contributed by atoms with van der Waals surface area (Å²) in [4.78, 5) is 12.4. The Balaban J connectivity index is -0.000000200. The van der Waals surface area contributed by atoms with E-state index in [1.54, 1.807) is 6.08 Å². The third-order valence-corrected chi connectivity index (χ3v) is 2.08. The highest BCUT2D eigenvalue weighted by atomic mass is 35.5. The first kappa shape index (κ1) is 20.8. The zero-order valence-corrected chi connectivity index (χ0v) is 11.8. The van der Waals surface area contributed by atoms with E-state index < -0.39 is 0 Å². The average Bonchev–Trinajstić information content (AvgIpc) is 2.21. The fourth-order valence-corrected chi connectivity index (χ4v) is 1.04. The highest BCUT2D eigenvalue weighted by Gasteiger charge is 1.89. The van der Waals surface area contributed by atoms with E-state index >= 15 is 0 Å². The van der Waals surface area contributed by atoms with Crippen molar-refractivity contribution in [1.82, 2.24) is 4.90 Å². The molecule has 0 saturated carbocycles. The summed E-state index contributed by atoms with van der Waals surface area (Å²) in [6.45, 7) is 12.2. The van der Waals surface area contributed by atoms with Crippen molar-refractivity contribution in [3.05, 3.63) is 12.2 Å². The molecule has 16 heavy (non-hydrogen) atoms. The van der Waals surface area contributed by atoms with E-state index in [-0.39, 0.29) is 18.3 Å². The molecule has 0 rings (SSSR count). The number of carbonyl (C=O) groups is 1. The Labute approximate surface area is 106 Å². The van der Waals surface area contributed by atoms with Gasteiger partial charge in [0.1, 0.15) is 0 Å². The molecule has 0 aliphatic rings. The molecular formula is C12H27ClN2O. The van der Waals surface area contributed by atoms with Crippen LogP contribution in [-0.2, 0) is 4.79 Å². The van der Waals surface area contributed by atoms with Crippen LogP contribution in [-0.4, -0.2) is 30.4 Å². The molecule has 0 aliphatic carbocycles. The van der Waals surface area contributed by atoms with Crippen LogP contribution in [0.15, 0.2) is 12.2 Å². The summed E-state index contributed by atoms with van der Waals surface area (Å²) >= 11 is 0. The summed E-state index contributed by atoms with van der Waals surface area (Å²) in [5.74, 6) is -0.363. The van der Waals surface area contributed by atoms with Gasteiger partial charge in [-0.15, -0.1) is 12.4 Å². The number of nitrogens with two attached hydrogens (primary N) is 1. The molecule has 0 aromatic heterocycles. The zero-order valence-electron chi connectivity index (χ0n) is 11.0. The Morgan fingerprint density at radius 1 is 1.12 bits per heavy atom. The maximum absolute atomic E-state index is 10.0. The Hall–Kier alpha value is -0.540. The maximum atomic E-state index is 10.0. The predicted molar refractivity (Wildman–Crippen MR) is 74.0 cm³/mol. The standard InChI is InChI=1S/C6H11NO.C6H15N.ClH/c1-2-3-4-5-6(7)8;1-4-7(5-2)6-3;/h4-5H,2-3H2,1H3,(H2,7,8);4-6H2,1-3H3;1H. The van der Waals surface area contributed by atoms with Crippen molar-refractivity contribution >= 4 is 18.3 Å².